The van der Waals surface area contributed by atoms with Gasteiger partial charge in [0.1, 0.15) is 0 Å². The molecular weight excluding hydrogens is 126 g/mol. The van der Waals surface area contributed by atoms with Gasteiger partial charge in [-0.2, -0.15) is 0 Å². The highest BCUT2D eigenvalue weighted by Gasteiger charge is 2.19. The third-order valence-electron chi connectivity index (χ3n) is 2.11. The molecule has 1 fully saturated rings. The maximum atomic E-state index is 5.32. The highest BCUT2D eigenvalue weighted by atomic mass is 16.5. The van der Waals surface area contributed by atoms with Gasteiger partial charge in [0.25, 0.3) is 0 Å². The maximum absolute atomic E-state index is 5.32. The summed E-state index contributed by atoms with van der Waals surface area (Å²) >= 11 is 0. The van der Waals surface area contributed by atoms with Gasteiger partial charge in [0.05, 0.1) is 6.61 Å². The van der Waals surface area contributed by atoms with E-state index in [2.05, 4.69) is 19.2 Å². The van der Waals surface area contributed by atoms with Gasteiger partial charge in [0.2, 0.25) is 0 Å². The predicted octanol–water partition coefficient (Wildman–Crippen LogP) is 1.02. The Labute approximate surface area is 63.0 Å². The summed E-state index contributed by atoms with van der Waals surface area (Å²) in [5.41, 5.74) is 0. The normalized spacial score (nSPS) is 34.2. The maximum Gasteiger partial charge on any atom is 0.0506 e. The summed E-state index contributed by atoms with van der Waals surface area (Å²) < 4.78 is 5.32. The second-order valence-electron chi connectivity index (χ2n) is 3.01. The van der Waals surface area contributed by atoms with Crippen molar-refractivity contribution in [3.63, 3.8) is 0 Å². The monoisotopic (exact) mass is 143 g/mol. The zero-order valence-corrected chi connectivity index (χ0v) is 6.89. The highest BCUT2D eigenvalue weighted by Crippen LogP contribution is 2.12. The Balaban J connectivity index is 2.25. The number of ether oxygens (including phenoxy) is 1. The van der Waals surface area contributed by atoms with Crippen LogP contribution in [0.1, 0.15) is 20.3 Å². The lowest BCUT2D eigenvalue weighted by Gasteiger charge is -2.29. The molecule has 1 aliphatic rings. The van der Waals surface area contributed by atoms with Crippen LogP contribution in [0.25, 0.3) is 0 Å². The molecule has 0 unspecified atom stereocenters. The fourth-order valence-corrected chi connectivity index (χ4v) is 1.45. The Morgan fingerprint density at radius 3 is 3.00 bits per heavy atom. The number of nitrogens with one attached hydrogen (secondary N) is 1. The molecule has 0 bridgehead atoms. The van der Waals surface area contributed by atoms with E-state index in [1.54, 1.807) is 0 Å². The first-order valence-electron chi connectivity index (χ1n) is 4.15. The molecule has 1 saturated heterocycles. The molecule has 2 atom stereocenters. The first-order valence-corrected chi connectivity index (χ1v) is 4.15. The van der Waals surface area contributed by atoms with E-state index in [-0.39, 0.29) is 0 Å². The largest absolute Gasteiger partial charge is 0.381 e. The SMILES string of the molecule is CCN[C@H]1CCOC[C@@H]1C. The van der Waals surface area contributed by atoms with Crippen molar-refractivity contribution in [3.8, 4) is 0 Å². The Hall–Kier alpha value is -0.0800. The van der Waals surface area contributed by atoms with Crippen molar-refractivity contribution in [2.24, 2.45) is 5.92 Å². The minimum Gasteiger partial charge on any atom is -0.381 e. The van der Waals surface area contributed by atoms with Crippen molar-refractivity contribution in [1.29, 1.82) is 0 Å². The molecule has 0 saturated carbocycles. The molecule has 10 heavy (non-hydrogen) atoms. The highest BCUT2D eigenvalue weighted by molar-refractivity contribution is 4.75. The lowest BCUT2D eigenvalue weighted by molar-refractivity contribution is 0.0396. The summed E-state index contributed by atoms with van der Waals surface area (Å²) in [6.07, 6.45) is 1.18. The third-order valence-corrected chi connectivity index (χ3v) is 2.11. The quantitative estimate of drug-likeness (QED) is 0.623. The number of rotatable bonds is 2. The van der Waals surface area contributed by atoms with Gasteiger partial charge < -0.3 is 10.1 Å². The molecule has 0 spiro atoms. The minimum absolute atomic E-state index is 0.689. The van der Waals surface area contributed by atoms with E-state index >= 15 is 0 Å². The first kappa shape index (κ1) is 8.02. The van der Waals surface area contributed by atoms with Crippen LogP contribution in [0.3, 0.4) is 0 Å². The van der Waals surface area contributed by atoms with Gasteiger partial charge in [-0.05, 0) is 18.9 Å². The smallest absolute Gasteiger partial charge is 0.0506 e. The van der Waals surface area contributed by atoms with Gasteiger partial charge in [-0.1, -0.05) is 13.8 Å². The van der Waals surface area contributed by atoms with Gasteiger partial charge in [-0.15, -0.1) is 0 Å². The lowest BCUT2D eigenvalue weighted by Crippen LogP contribution is -2.41. The fraction of sp³-hybridized carbons (Fsp3) is 1.00. The molecule has 0 aromatic rings. The average molecular weight is 143 g/mol. The van der Waals surface area contributed by atoms with Crippen LogP contribution in [0.2, 0.25) is 0 Å². The molecule has 2 heteroatoms. The molecule has 0 radical (unpaired) electrons. The molecule has 0 aromatic carbocycles. The molecular formula is C8H17NO. The summed E-state index contributed by atoms with van der Waals surface area (Å²) in [7, 11) is 0. The van der Waals surface area contributed by atoms with E-state index in [1.807, 2.05) is 0 Å². The summed E-state index contributed by atoms with van der Waals surface area (Å²) in [4.78, 5) is 0. The van der Waals surface area contributed by atoms with Crippen molar-refractivity contribution in [3.05, 3.63) is 0 Å². The van der Waals surface area contributed by atoms with Crippen LogP contribution in [-0.4, -0.2) is 25.8 Å². The van der Waals surface area contributed by atoms with Gasteiger partial charge in [0, 0.05) is 12.6 Å². The fourth-order valence-electron chi connectivity index (χ4n) is 1.45. The van der Waals surface area contributed by atoms with Crippen molar-refractivity contribution in [2.75, 3.05) is 19.8 Å². The molecule has 1 heterocycles. The second kappa shape index (κ2) is 3.94. The van der Waals surface area contributed by atoms with Gasteiger partial charge in [0.15, 0.2) is 0 Å². The van der Waals surface area contributed by atoms with Crippen LogP contribution in [0.15, 0.2) is 0 Å². The van der Waals surface area contributed by atoms with Crippen LogP contribution in [0.4, 0.5) is 0 Å². The van der Waals surface area contributed by atoms with Crippen LogP contribution in [-0.2, 0) is 4.74 Å². The summed E-state index contributed by atoms with van der Waals surface area (Å²) in [5, 5.41) is 3.45. The van der Waals surface area contributed by atoms with E-state index in [1.165, 1.54) is 6.42 Å². The van der Waals surface area contributed by atoms with E-state index in [0.29, 0.717) is 12.0 Å². The standard InChI is InChI=1S/C8H17NO/c1-3-9-8-4-5-10-6-7(8)2/h7-9H,3-6H2,1-2H3/t7-,8-/m0/s1. The minimum atomic E-state index is 0.689. The van der Waals surface area contributed by atoms with E-state index in [4.69, 9.17) is 4.74 Å². The van der Waals surface area contributed by atoms with Crippen molar-refractivity contribution in [1.82, 2.24) is 5.32 Å². The topological polar surface area (TPSA) is 21.3 Å². The molecule has 1 N–H and O–H groups in total. The Kier molecular flexibility index (Phi) is 3.16. The van der Waals surface area contributed by atoms with Crippen LogP contribution < -0.4 is 5.32 Å². The van der Waals surface area contributed by atoms with Crippen molar-refractivity contribution >= 4 is 0 Å². The molecule has 1 aliphatic heterocycles. The number of hydrogen-bond donors (Lipinski definition) is 1. The van der Waals surface area contributed by atoms with E-state index < -0.39 is 0 Å². The van der Waals surface area contributed by atoms with Crippen molar-refractivity contribution < 1.29 is 4.74 Å². The van der Waals surface area contributed by atoms with Crippen LogP contribution >= 0.6 is 0 Å². The van der Waals surface area contributed by atoms with Gasteiger partial charge >= 0.3 is 0 Å². The van der Waals surface area contributed by atoms with Crippen LogP contribution in [0, 0.1) is 5.92 Å². The summed E-state index contributed by atoms with van der Waals surface area (Å²) in [5.74, 6) is 0.689. The van der Waals surface area contributed by atoms with Gasteiger partial charge in [-0.3, -0.25) is 0 Å². The summed E-state index contributed by atoms with van der Waals surface area (Å²) in [6, 6.07) is 0.693. The molecule has 0 aromatic heterocycles. The molecule has 1 rings (SSSR count). The molecule has 0 aliphatic carbocycles. The Morgan fingerprint density at radius 2 is 2.40 bits per heavy atom. The van der Waals surface area contributed by atoms with Gasteiger partial charge in [-0.25, -0.2) is 0 Å². The Morgan fingerprint density at radius 1 is 1.60 bits per heavy atom. The average Bonchev–Trinajstić information content (AvgIpc) is 1.94. The lowest BCUT2D eigenvalue weighted by atomic mass is 9.98. The Bertz CT molecular complexity index is 93.3. The number of hydrogen-bond acceptors (Lipinski definition) is 2. The van der Waals surface area contributed by atoms with Crippen LogP contribution in [0.5, 0.6) is 0 Å². The zero-order chi connectivity index (χ0) is 7.40. The first-order chi connectivity index (χ1) is 4.84. The van der Waals surface area contributed by atoms with E-state index in [0.717, 1.165) is 19.8 Å². The molecule has 2 nitrogen and oxygen atoms in total. The van der Waals surface area contributed by atoms with Crippen molar-refractivity contribution in [2.45, 2.75) is 26.3 Å². The summed E-state index contributed by atoms with van der Waals surface area (Å²) in [6.45, 7) is 7.34. The third kappa shape index (κ3) is 1.96. The molecule has 0 amide bonds. The second-order valence-corrected chi connectivity index (χ2v) is 3.01. The van der Waals surface area contributed by atoms with E-state index in [9.17, 15) is 0 Å². The predicted molar refractivity (Wildman–Crippen MR) is 42.1 cm³/mol. The zero-order valence-electron chi connectivity index (χ0n) is 6.89. The molecule has 60 valence electrons.